The third-order valence-corrected chi connectivity index (χ3v) is 2.10. The Bertz CT molecular complexity index is 382. The predicted molar refractivity (Wildman–Crippen MR) is 61.8 cm³/mol. The summed E-state index contributed by atoms with van der Waals surface area (Å²) in [6, 6.07) is 7.48. The summed E-state index contributed by atoms with van der Waals surface area (Å²) in [5.41, 5.74) is 4.05. The van der Waals surface area contributed by atoms with Gasteiger partial charge in [0.1, 0.15) is 5.75 Å². The highest BCUT2D eigenvalue weighted by atomic mass is 16.6. The number of carbonyl (C=O) groups excluding carboxylic acids is 1. The highest BCUT2D eigenvalue weighted by Crippen LogP contribution is 2.17. The van der Waals surface area contributed by atoms with E-state index in [1.807, 2.05) is 31.2 Å². The first-order chi connectivity index (χ1) is 7.67. The molecule has 0 aliphatic rings. The third kappa shape index (κ3) is 3.40. The van der Waals surface area contributed by atoms with Gasteiger partial charge in [0.2, 0.25) is 0 Å². The SMILES string of the molecule is CONC(=O)/C=C(\C)c1ccc(OC)cc1. The Balaban J connectivity index is 2.79. The maximum Gasteiger partial charge on any atom is 0.267 e. The Morgan fingerprint density at radius 3 is 2.38 bits per heavy atom. The van der Waals surface area contributed by atoms with Crippen LogP contribution in [0.3, 0.4) is 0 Å². The molecular formula is C12H15NO3. The highest BCUT2D eigenvalue weighted by molar-refractivity contribution is 5.94. The van der Waals surface area contributed by atoms with Gasteiger partial charge in [-0.2, -0.15) is 0 Å². The van der Waals surface area contributed by atoms with Crippen LogP contribution in [0, 0.1) is 0 Å². The third-order valence-electron chi connectivity index (χ3n) is 2.10. The van der Waals surface area contributed by atoms with E-state index in [0.29, 0.717) is 0 Å². The molecule has 0 fully saturated rings. The molecule has 1 amide bonds. The molecule has 0 heterocycles. The number of nitrogens with one attached hydrogen (secondary N) is 1. The largest absolute Gasteiger partial charge is 0.497 e. The van der Waals surface area contributed by atoms with Gasteiger partial charge in [-0.3, -0.25) is 9.63 Å². The number of amides is 1. The van der Waals surface area contributed by atoms with E-state index in [2.05, 4.69) is 10.3 Å². The number of methoxy groups -OCH3 is 1. The Kier molecular flexibility index (Phi) is 4.54. The quantitative estimate of drug-likeness (QED) is 0.622. The van der Waals surface area contributed by atoms with Gasteiger partial charge in [-0.25, -0.2) is 5.48 Å². The number of hydroxylamine groups is 1. The molecule has 16 heavy (non-hydrogen) atoms. The molecule has 1 aromatic rings. The van der Waals surface area contributed by atoms with Crippen molar-refractivity contribution in [2.75, 3.05) is 14.2 Å². The zero-order chi connectivity index (χ0) is 12.0. The van der Waals surface area contributed by atoms with Crippen LogP contribution in [0.2, 0.25) is 0 Å². The van der Waals surface area contributed by atoms with Crippen LogP contribution in [-0.2, 0) is 9.63 Å². The topological polar surface area (TPSA) is 47.6 Å². The average Bonchev–Trinajstić information content (AvgIpc) is 2.29. The highest BCUT2D eigenvalue weighted by Gasteiger charge is 2.00. The molecular weight excluding hydrogens is 206 g/mol. The lowest BCUT2D eigenvalue weighted by Crippen LogP contribution is -2.19. The van der Waals surface area contributed by atoms with Crippen LogP contribution in [0.1, 0.15) is 12.5 Å². The van der Waals surface area contributed by atoms with Crippen molar-refractivity contribution < 1.29 is 14.4 Å². The van der Waals surface area contributed by atoms with Crippen molar-refractivity contribution in [1.82, 2.24) is 5.48 Å². The second-order valence-corrected chi connectivity index (χ2v) is 3.23. The fraction of sp³-hybridized carbons (Fsp3) is 0.250. The van der Waals surface area contributed by atoms with Crippen LogP contribution in [0.15, 0.2) is 30.3 Å². The first-order valence-corrected chi connectivity index (χ1v) is 4.83. The number of hydrogen-bond acceptors (Lipinski definition) is 3. The first-order valence-electron chi connectivity index (χ1n) is 4.83. The monoisotopic (exact) mass is 221 g/mol. The molecule has 0 aliphatic carbocycles. The molecule has 0 atom stereocenters. The van der Waals surface area contributed by atoms with Crippen LogP contribution in [0.4, 0.5) is 0 Å². The van der Waals surface area contributed by atoms with E-state index < -0.39 is 0 Å². The lowest BCUT2D eigenvalue weighted by molar-refractivity contribution is -0.126. The minimum atomic E-state index is -0.282. The van der Waals surface area contributed by atoms with Crippen LogP contribution in [0.5, 0.6) is 5.75 Å². The van der Waals surface area contributed by atoms with Gasteiger partial charge in [-0.1, -0.05) is 12.1 Å². The number of carbonyl (C=O) groups is 1. The van der Waals surface area contributed by atoms with Crippen molar-refractivity contribution in [2.24, 2.45) is 0 Å². The smallest absolute Gasteiger partial charge is 0.267 e. The van der Waals surface area contributed by atoms with Gasteiger partial charge in [-0.15, -0.1) is 0 Å². The maximum atomic E-state index is 11.2. The minimum absolute atomic E-state index is 0.282. The van der Waals surface area contributed by atoms with Crippen LogP contribution in [0.25, 0.3) is 5.57 Å². The van der Waals surface area contributed by atoms with Gasteiger partial charge in [-0.05, 0) is 30.2 Å². The van der Waals surface area contributed by atoms with E-state index in [4.69, 9.17) is 4.74 Å². The molecule has 0 radical (unpaired) electrons. The first kappa shape index (κ1) is 12.3. The van der Waals surface area contributed by atoms with E-state index in [9.17, 15) is 4.79 Å². The molecule has 0 saturated carbocycles. The van der Waals surface area contributed by atoms with Crippen molar-refractivity contribution in [3.63, 3.8) is 0 Å². The van der Waals surface area contributed by atoms with E-state index in [-0.39, 0.29) is 5.91 Å². The predicted octanol–water partition coefficient (Wildman–Crippen LogP) is 1.78. The number of ether oxygens (including phenoxy) is 1. The fourth-order valence-electron chi connectivity index (χ4n) is 1.26. The van der Waals surface area contributed by atoms with Crippen molar-refractivity contribution in [3.05, 3.63) is 35.9 Å². The summed E-state index contributed by atoms with van der Waals surface area (Å²) in [5, 5.41) is 0. The summed E-state index contributed by atoms with van der Waals surface area (Å²) in [4.78, 5) is 15.7. The summed E-state index contributed by atoms with van der Waals surface area (Å²) in [6.07, 6.45) is 1.48. The summed E-state index contributed by atoms with van der Waals surface area (Å²) < 4.78 is 5.05. The fourth-order valence-corrected chi connectivity index (χ4v) is 1.26. The molecule has 4 heteroatoms. The maximum absolute atomic E-state index is 11.2. The zero-order valence-electron chi connectivity index (χ0n) is 9.61. The van der Waals surface area contributed by atoms with Crippen LogP contribution >= 0.6 is 0 Å². The van der Waals surface area contributed by atoms with E-state index in [1.54, 1.807) is 7.11 Å². The number of rotatable bonds is 4. The summed E-state index contributed by atoms with van der Waals surface area (Å²) in [6.45, 7) is 1.86. The van der Waals surface area contributed by atoms with Crippen molar-refractivity contribution in [1.29, 1.82) is 0 Å². The molecule has 0 bridgehead atoms. The summed E-state index contributed by atoms with van der Waals surface area (Å²) >= 11 is 0. The van der Waals surface area contributed by atoms with Crippen molar-refractivity contribution in [2.45, 2.75) is 6.92 Å². The van der Waals surface area contributed by atoms with Gasteiger partial charge in [0, 0.05) is 6.08 Å². The average molecular weight is 221 g/mol. The molecule has 0 unspecified atom stereocenters. The molecule has 0 aliphatic heterocycles. The Hall–Kier alpha value is -1.81. The lowest BCUT2D eigenvalue weighted by Gasteiger charge is -2.04. The van der Waals surface area contributed by atoms with Gasteiger partial charge >= 0.3 is 0 Å². The molecule has 86 valence electrons. The molecule has 0 saturated heterocycles. The second-order valence-electron chi connectivity index (χ2n) is 3.23. The molecule has 1 rings (SSSR count). The molecule has 1 aromatic carbocycles. The molecule has 0 aromatic heterocycles. The molecule has 4 nitrogen and oxygen atoms in total. The summed E-state index contributed by atoms with van der Waals surface area (Å²) in [5.74, 6) is 0.508. The van der Waals surface area contributed by atoms with Crippen molar-refractivity contribution >= 4 is 11.5 Å². The normalized spacial score (nSPS) is 11.1. The van der Waals surface area contributed by atoms with Gasteiger partial charge in [0.15, 0.2) is 0 Å². The minimum Gasteiger partial charge on any atom is -0.497 e. The second kappa shape index (κ2) is 5.92. The summed E-state index contributed by atoms with van der Waals surface area (Å²) in [7, 11) is 3.01. The molecule has 1 N–H and O–H groups in total. The van der Waals surface area contributed by atoms with Gasteiger partial charge in [0.05, 0.1) is 14.2 Å². The van der Waals surface area contributed by atoms with Gasteiger partial charge < -0.3 is 4.74 Å². The van der Waals surface area contributed by atoms with E-state index in [1.165, 1.54) is 13.2 Å². The van der Waals surface area contributed by atoms with Crippen LogP contribution < -0.4 is 10.2 Å². The van der Waals surface area contributed by atoms with E-state index >= 15 is 0 Å². The Labute approximate surface area is 94.8 Å². The Morgan fingerprint density at radius 1 is 1.25 bits per heavy atom. The number of benzene rings is 1. The molecule has 0 spiro atoms. The van der Waals surface area contributed by atoms with E-state index in [0.717, 1.165) is 16.9 Å². The Morgan fingerprint density at radius 2 is 1.88 bits per heavy atom. The lowest BCUT2D eigenvalue weighted by atomic mass is 10.1. The van der Waals surface area contributed by atoms with Gasteiger partial charge in [0.25, 0.3) is 5.91 Å². The van der Waals surface area contributed by atoms with Crippen molar-refractivity contribution in [3.8, 4) is 5.75 Å². The van der Waals surface area contributed by atoms with Crippen LogP contribution in [-0.4, -0.2) is 20.1 Å². The standard InChI is InChI=1S/C12H15NO3/c1-9(8-12(14)13-16-3)10-4-6-11(15-2)7-5-10/h4-8H,1-3H3,(H,13,14)/b9-8+. The number of hydrogen-bond donors (Lipinski definition) is 1. The number of allylic oxidation sites excluding steroid dienone is 1. The zero-order valence-corrected chi connectivity index (χ0v) is 9.61.